The molecule has 11 nitrogen and oxygen atoms in total. The highest BCUT2D eigenvalue weighted by atomic mass is 35.5. The number of nitrogens with two attached hydrogens (primary N) is 2. The van der Waals surface area contributed by atoms with E-state index in [2.05, 4.69) is 49.9 Å². The molecule has 1 saturated carbocycles. The minimum Gasteiger partial charge on any atom is -0.330 e. The minimum atomic E-state index is -0.928. The smallest absolute Gasteiger partial charge is 0.251 e. The van der Waals surface area contributed by atoms with Gasteiger partial charge in [-0.25, -0.2) is 4.90 Å². The largest absolute Gasteiger partial charge is 0.330 e. The number of nitrogens with zero attached hydrogens (tertiary/aromatic N) is 5. The number of H-pyrrole nitrogens is 2. The van der Waals surface area contributed by atoms with E-state index in [0.717, 1.165) is 46.0 Å². The van der Waals surface area contributed by atoms with Crippen molar-refractivity contribution in [3.05, 3.63) is 78.0 Å². The average Bonchev–Trinajstić information content (AvgIpc) is 3.75. The third-order valence-electron chi connectivity index (χ3n) is 8.52. The van der Waals surface area contributed by atoms with Crippen molar-refractivity contribution in [1.82, 2.24) is 30.8 Å². The van der Waals surface area contributed by atoms with E-state index in [1.165, 1.54) is 4.90 Å². The minimum absolute atomic E-state index is 0. The predicted molar refractivity (Wildman–Crippen MR) is 172 cm³/mol. The van der Waals surface area contributed by atoms with Crippen molar-refractivity contribution in [3.63, 3.8) is 0 Å². The Hall–Kier alpha value is -4.45. The van der Waals surface area contributed by atoms with Crippen molar-refractivity contribution < 1.29 is 9.59 Å². The number of carbonyl (C=O) groups is 2. The number of nitrogens with one attached hydrogen (secondary N) is 2. The normalized spacial score (nSPS) is 17.2. The molecule has 1 aliphatic carbocycles. The third kappa shape index (κ3) is 6.26. The number of aromatic nitrogens is 6. The van der Waals surface area contributed by atoms with E-state index in [1.807, 2.05) is 30.5 Å². The monoisotopic (exact) mass is 613 g/mol. The zero-order valence-electron chi connectivity index (χ0n) is 24.4. The second-order valence-electron chi connectivity index (χ2n) is 11.3. The molecule has 2 amide bonds. The quantitative estimate of drug-likeness (QED) is 0.200. The molecular weight excluding hydrogens is 578 g/mol. The molecule has 0 bridgehead atoms. The van der Waals surface area contributed by atoms with Crippen LogP contribution in [0.25, 0.3) is 33.4 Å². The summed E-state index contributed by atoms with van der Waals surface area (Å²) in [5.74, 6) is -0.0871. The van der Waals surface area contributed by atoms with Crippen LogP contribution in [0.5, 0.6) is 0 Å². The number of imide groups is 1. The van der Waals surface area contributed by atoms with E-state index in [1.54, 1.807) is 24.3 Å². The fourth-order valence-electron chi connectivity index (χ4n) is 6.10. The average molecular weight is 614 g/mol. The van der Waals surface area contributed by atoms with Gasteiger partial charge in [0.15, 0.2) is 0 Å². The van der Waals surface area contributed by atoms with Gasteiger partial charge in [0.1, 0.15) is 0 Å². The van der Waals surface area contributed by atoms with Crippen LogP contribution in [-0.4, -0.2) is 55.2 Å². The van der Waals surface area contributed by atoms with E-state index < -0.39 is 11.9 Å². The van der Waals surface area contributed by atoms with Crippen LogP contribution in [0.3, 0.4) is 0 Å². The van der Waals surface area contributed by atoms with Crippen LogP contribution in [0, 0.1) is 18.8 Å². The van der Waals surface area contributed by atoms with Gasteiger partial charge >= 0.3 is 0 Å². The number of rotatable bonds is 8. The lowest BCUT2D eigenvalue weighted by Gasteiger charge is -2.32. The number of hydrogen-bond donors (Lipinski definition) is 4. The van der Waals surface area contributed by atoms with Crippen molar-refractivity contribution in [2.75, 3.05) is 11.4 Å². The third-order valence-corrected chi connectivity index (χ3v) is 8.52. The van der Waals surface area contributed by atoms with E-state index in [9.17, 15) is 9.59 Å². The van der Waals surface area contributed by atoms with Gasteiger partial charge < -0.3 is 11.5 Å². The van der Waals surface area contributed by atoms with Crippen molar-refractivity contribution in [3.8, 4) is 22.5 Å². The molecule has 3 aromatic carbocycles. The molecule has 0 spiro atoms. The van der Waals surface area contributed by atoms with Crippen molar-refractivity contribution >= 4 is 40.8 Å². The molecule has 1 fully saturated rings. The van der Waals surface area contributed by atoms with Gasteiger partial charge in [-0.1, -0.05) is 30.3 Å². The summed E-state index contributed by atoms with van der Waals surface area (Å²) >= 11 is 0. The number of hydrogen-bond acceptors (Lipinski definition) is 8. The molecule has 0 aliphatic heterocycles. The van der Waals surface area contributed by atoms with E-state index in [-0.39, 0.29) is 30.7 Å². The van der Waals surface area contributed by atoms with Gasteiger partial charge in [0.05, 0.1) is 23.4 Å². The van der Waals surface area contributed by atoms with Crippen LogP contribution >= 0.6 is 12.4 Å². The highest BCUT2D eigenvalue weighted by Crippen LogP contribution is 2.33. The zero-order valence-corrected chi connectivity index (χ0v) is 25.3. The standard InChI is InChI=1S/C32H35N9O2.ClH/c1-19-5-14-28-26(18-35-36-28)29(19)24-4-2-3-21(15-24)16-27(34)32(43)41(31(42)23-8-6-20(17-33)7-9-23)25-12-10-22(11-13-25)30-37-39-40-38-30;/h2-5,10-15,18,20,23,27H,6-9,16-17,33-34H2,1H3,(H,35,36)(H,37,38,39,40);1H/t20?,23?,27-;/m0./s1. The number of halogens is 1. The molecule has 2 aromatic heterocycles. The Bertz CT molecular complexity index is 1730. The topological polar surface area (TPSA) is 173 Å². The van der Waals surface area contributed by atoms with Crippen LogP contribution in [-0.2, 0) is 16.0 Å². The Labute approximate surface area is 261 Å². The van der Waals surface area contributed by atoms with Crippen molar-refractivity contribution in [1.29, 1.82) is 0 Å². The fraction of sp³-hybridized carbons (Fsp3) is 0.312. The zero-order chi connectivity index (χ0) is 29.9. The first kappa shape index (κ1) is 31.0. The molecule has 0 saturated heterocycles. The number of benzene rings is 3. The van der Waals surface area contributed by atoms with Crippen LogP contribution in [0.1, 0.15) is 36.8 Å². The Kier molecular flexibility index (Phi) is 9.48. The Morgan fingerprint density at radius 3 is 2.50 bits per heavy atom. The second kappa shape index (κ2) is 13.5. The molecular formula is C32H36ClN9O2. The summed E-state index contributed by atoms with van der Waals surface area (Å²) in [4.78, 5) is 29.3. The molecule has 0 radical (unpaired) electrons. The second-order valence-corrected chi connectivity index (χ2v) is 11.3. The van der Waals surface area contributed by atoms with Crippen LogP contribution in [0.15, 0.2) is 66.9 Å². The van der Waals surface area contributed by atoms with E-state index >= 15 is 0 Å². The molecule has 6 rings (SSSR count). The van der Waals surface area contributed by atoms with Crippen LogP contribution in [0.4, 0.5) is 5.69 Å². The summed E-state index contributed by atoms with van der Waals surface area (Å²) in [5.41, 5.74) is 18.7. The molecule has 228 valence electrons. The van der Waals surface area contributed by atoms with Gasteiger partial charge in [0, 0.05) is 16.9 Å². The maximum Gasteiger partial charge on any atom is 0.251 e. The molecule has 1 atom stereocenters. The van der Waals surface area contributed by atoms with Gasteiger partial charge in [-0.05, 0) is 109 Å². The van der Waals surface area contributed by atoms with Gasteiger partial charge in [0.25, 0.3) is 5.91 Å². The summed E-state index contributed by atoms with van der Waals surface area (Å²) in [7, 11) is 0. The number of aromatic amines is 2. The molecule has 6 N–H and O–H groups in total. The maximum atomic E-state index is 14.0. The molecule has 1 aliphatic rings. The van der Waals surface area contributed by atoms with E-state index in [4.69, 9.17) is 11.5 Å². The Morgan fingerprint density at radius 2 is 1.80 bits per heavy atom. The Balaban J connectivity index is 0.00000384. The summed E-state index contributed by atoms with van der Waals surface area (Å²) in [5, 5.41) is 22.3. The number of anilines is 1. The number of amides is 2. The number of tetrazole rings is 1. The lowest BCUT2D eigenvalue weighted by atomic mass is 9.81. The number of carbonyl (C=O) groups excluding carboxylic acids is 2. The van der Waals surface area contributed by atoms with Gasteiger partial charge in [0.2, 0.25) is 11.7 Å². The van der Waals surface area contributed by atoms with Gasteiger partial charge in [-0.15, -0.1) is 22.6 Å². The summed E-state index contributed by atoms with van der Waals surface area (Å²) in [6.07, 6.45) is 5.23. The summed E-state index contributed by atoms with van der Waals surface area (Å²) < 4.78 is 0. The molecule has 0 unspecified atom stereocenters. The van der Waals surface area contributed by atoms with Crippen LogP contribution < -0.4 is 16.4 Å². The Morgan fingerprint density at radius 1 is 1.02 bits per heavy atom. The van der Waals surface area contributed by atoms with Gasteiger partial charge in [-0.2, -0.15) is 10.3 Å². The first-order chi connectivity index (χ1) is 20.9. The number of fused-ring (bicyclic) bond motifs is 1. The van der Waals surface area contributed by atoms with Crippen molar-refractivity contribution in [2.24, 2.45) is 23.3 Å². The van der Waals surface area contributed by atoms with E-state index in [0.29, 0.717) is 42.4 Å². The van der Waals surface area contributed by atoms with Crippen LogP contribution in [0.2, 0.25) is 0 Å². The fourth-order valence-corrected chi connectivity index (χ4v) is 6.10. The summed E-state index contributed by atoms with van der Waals surface area (Å²) in [6, 6.07) is 18.2. The predicted octanol–water partition coefficient (Wildman–Crippen LogP) is 4.33. The summed E-state index contributed by atoms with van der Waals surface area (Å²) in [6.45, 7) is 2.68. The lowest BCUT2D eigenvalue weighted by Crippen LogP contribution is -2.50. The SMILES string of the molecule is Cc1ccc2[nH]ncc2c1-c1cccc(C[C@H](N)C(=O)N(C(=O)C2CCC(CN)CC2)c2ccc(-c3nn[nH]n3)cc2)c1.Cl. The first-order valence-electron chi connectivity index (χ1n) is 14.6. The van der Waals surface area contributed by atoms with Gasteiger partial charge in [-0.3, -0.25) is 14.7 Å². The highest BCUT2D eigenvalue weighted by Gasteiger charge is 2.35. The van der Waals surface area contributed by atoms with Crippen molar-refractivity contribution in [2.45, 2.75) is 45.1 Å². The molecule has 5 aromatic rings. The lowest BCUT2D eigenvalue weighted by molar-refractivity contribution is -0.130. The highest BCUT2D eigenvalue weighted by molar-refractivity contribution is 6.17. The molecule has 12 heteroatoms. The maximum absolute atomic E-state index is 14.0. The first-order valence-corrected chi connectivity index (χ1v) is 14.6. The number of aryl methyl sites for hydroxylation is 1. The molecule has 2 heterocycles. The molecule has 44 heavy (non-hydrogen) atoms.